The van der Waals surface area contributed by atoms with Gasteiger partial charge in [-0.25, -0.2) is 0 Å². The number of carbonyl (C=O) groups is 1. The molecule has 0 aliphatic carbocycles. The number of halogens is 1. The Bertz CT molecular complexity index is 389. The first-order valence-electron chi connectivity index (χ1n) is 5.82. The molecule has 0 aliphatic rings. The van der Waals surface area contributed by atoms with E-state index in [2.05, 4.69) is 5.32 Å². The standard InChI is InChI=1S/C13H19ClN2O/c1-3-10(8-15)7-13(17)16-12-6-9(2)4-5-11(12)14/h4-6,10H,3,7-8,15H2,1-2H3,(H,16,17). The third-order valence-electron chi connectivity index (χ3n) is 2.78. The van der Waals surface area contributed by atoms with Gasteiger partial charge in [0.05, 0.1) is 10.7 Å². The van der Waals surface area contributed by atoms with E-state index in [1.165, 1.54) is 0 Å². The van der Waals surface area contributed by atoms with Gasteiger partial charge in [0.25, 0.3) is 0 Å². The molecule has 0 saturated heterocycles. The predicted octanol–water partition coefficient (Wildman–Crippen LogP) is 2.96. The van der Waals surface area contributed by atoms with Crippen molar-refractivity contribution in [1.29, 1.82) is 0 Å². The van der Waals surface area contributed by atoms with Crippen molar-refractivity contribution in [3.05, 3.63) is 28.8 Å². The lowest BCUT2D eigenvalue weighted by Gasteiger charge is -2.13. The Morgan fingerprint density at radius 2 is 2.24 bits per heavy atom. The van der Waals surface area contributed by atoms with Gasteiger partial charge in [-0.1, -0.05) is 31.0 Å². The molecule has 94 valence electrons. The second kappa shape index (κ2) is 6.62. The monoisotopic (exact) mass is 254 g/mol. The van der Waals surface area contributed by atoms with Crippen LogP contribution in [0.15, 0.2) is 18.2 Å². The van der Waals surface area contributed by atoms with E-state index >= 15 is 0 Å². The summed E-state index contributed by atoms with van der Waals surface area (Å²) in [4.78, 5) is 11.8. The van der Waals surface area contributed by atoms with Crippen LogP contribution in [0.2, 0.25) is 5.02 Å². The summed E-state index contributed by atoms with van der Waals surface area (Å²) in [6, 6.07) is 5.56. The van der Waals surface area contributed by atoms with E-state index in [1.54, 1.807) is 6.07 Å². The van der Waals surface area contributed by atoms with Gasteiger partial charge in [-0.3, -0.25) is 4.79 Å². The minimum absolute atomic E-state index is 0.0326. The van der Waals surface area contributed by atoms with E-state index in [4.69, 9.17) is 17.3 Å². The highest BCUT2D eigenvalue weighted by Gasteiger charge is 2.11. The molecule has 4 heteroatoms. The maximum atomic E-state index is 11.8. The van der Waals surface area contributed by atoms with Gasteiger partial charge in [0, 0.05) is 6.42 Å². The second-order valence-electron chi connectivity index (χ2n) is 4.25. The van der Waals surface area contributed by atoms with Crippen LogP contribution in [0.1, 0.15) is 25.3 Å². The number of hydrogen-bond donors (Lipinski definition) is 2. The Balaban J connectivity index is 2.64. The summed E-state index contributed by atoms with van der Waals surface area (Å²) in [5, 5.41) is 3.38. The number of rotatable bonds is 5. The molecule has 0 saturated carbocycles. The Morgan fingerprint density at radius 3 is 2.82 bits per heavy atom. The van der Waals surface area contributed by atoms with Crippen LogP contribution >= 0.6 is 11.6 Å². The maximum Gasteiger partial charge on any atom is 0.224 e. The average molecular weight is 255 g/mol. The van der Waals surface area contributed by atoms with Crippen molar-refractivity contribution in [3.63, 3.8) is 0 Å². The minimum atomic E-state index is -0.0326. The van der Waals surface area contributed by atoms with Gasteiger partial charge in [-0.15, -0.1) is 0 Å². The molecule has 1 aromatic rings. The number of aryl methyl sites for hydroxylation is 1. The van der Waals surface area contributed by atoms with E-state index in [-0.39, 0.29) is 11.8 Å². The van der Waals surface area contributed by atoms with E-state index in [0.29, 0.717) is 23.7 Å². The van der Waals surface area contributed by atoms with Crippen molar-refractivity contribution in [2.45, 2.75) is 26.7 Å². The van der Waals surface area contributed by atoms with Crippen molar-refractivity contribution in [1.82, 2.24) is 0 Å². The Morgan fingerprint density at radius 1 is 1.53 bits per heavy atom. The summed E-state index contributed by atoms with van der Waals surface area (Å²) in [5.74, 6) is 0.202. The molecule has 1 amide bonds. The van der Waals surface area contributed by atoms with Gasteiger partial charge in [0.1, 0.15) is 0 Å². The third kappa shape index (κ3) is 4.36. The molecule has 17 heavy (non-hydrogen) atoms. The molecule has 0 spiro atoms. The zero-order valence-electron chi connectivity index (χ0n) is 10.3. The van der Waals surface area contributed by atoms with E-state index in [9.17, 15) is 4.79 Å². The van der Waals surface area contributed by atoms with Crippen LogP contribution in [0, 0.1) is 12.8 Å². The summed E-state index contributed by atoms with van der Waals surface area (Å²) < 4.78 is 0. The Labute approximate surface area is 107 Å². The Kier molecular flexibility index (Phi) is 5.45. The molecule has 1 unspecified atom stereocenters. The fraction of sp³-hybridized carbons (Fsp3) is 0.462. The number of hydrogen-bond acceptors (Lipinski definition) is 2. The average Bonchev–Trinajstić information content (AvgIpc) is 2.31. The summed E-state index contributed by atoms with van der Waals surface area (Å²) in [6.45, 7) is 4.52. The fourth-order valence-corrected chi connectivity index (χ4v) is 1.76. The zero-order valence-corrected chi connectivity index (χ0v) is 11.1. The molecule has 3 N–H and O–H groups in total. The normalized spacial score (nSPS) is 12.2. The molecular weight excluding hydrogens is 236 g/mol. The summed E-state index contributed by atoms with van der Waals surface area (Å²) in [6.07, 6.45) is 1.35. The van der Waals surface area contributed by atoms with Gasteiger partial charge < -0.3 is 11.1 Å². The second-order valence-corrected chi connectivity index (χ2v) is 4.65. The van der Waals surface area contributed by atoms with Gasteiger partial charge in [0.15, 0.2) is 0 Å². The lowest BCUT2D eigenvalue weighted by molar-refractivity contribution is -0.117. The lowest BCUT2D eigenvalue weighted by atomic mass is 10.0. The molecule has 0 aliphatic heterocycles. The molecule has 3 nitrogen and oxygen atoms in total. The number of nitrogens with two attached hydrogens (primary N) is 1. The van der Waals surface area contributed by atoms with E-state index < -0.39 is 0 Å². The highest BCUT2D eigenvalue weighted by Crippen LogP contribution is 2.23. The number of amides is 1. The van der Waals surface area contributed by atoms with Crippen molar-refractivity contribution >= 4 is 23.2 Å². The maximum absolute atomic E-state index is 11.8. The number of benzene rings is 1. The number of nitrogens with one attached hydrogen (secondary N) is 1. The molecule has 0 radical (unpaired) electrons. The molecule has 0 heterocycles. The van der Waals surface area contributed by atoms with Crippen LogP contribution in [-0.2, 0) is 4.79 Å². The Hall–Kier alpha value is -1.06. The van der Waals surface area contributed by atoms with Gasteiger partial charge in [-0.05, 0) is 37.1 Å². The van der Waals surface area contributed by atoms with Crippen LogP contribution in [0.3, 0.4) is 0 Å². The van der Waals surface area contributed by atoms with Crippen LogP contribution in [0.4, 0.5) is 5.69 Å². The topological polar surface area (TPSA) is 55.1 Å². The third-order valence-corrected chi connectivity index (χ3v) is 3.11. The quantitative estimate of drug-likeness (QED) is 0.849. The summed E-state index contributed by atoms with van der Waals surface area (Å²) >= 11 is 6.01. The van der Waals surface area contributed by atoms with Crippen LogP contribution < -0.4 is 11.1 Å². The number of carbonyl (C=O) groups excluding carboxylic acids is 1. The van der Waals surface area contributed by atoms with Crippen molar-refractivity contribution in [3.8, 4) is 0 Å². The molecule has 0 fully saturated rings. The van der Waals surface area contributed by atoms with Crippen LogP contribution in [0.25, 0.3) is 0 Å². The van der Waals surface area contributed by atoms with E-state index in [0.717, 1.165) is 12.0 Å². The van der Waals surface area contributed by atoms with Crippen LogP contribution in [-0.4, -0.2) is 12.5 Å². The molecule has 1 aromatic carbocycles. The fourth-order valence-electron chi connectivity index (χ4n) is 1.59. The first-order chi connectivity index (χ1) is 8.06. The SMILES string of the molecule is CCC(CN)CC(=O)Nc1cc(C)ccc1Cl. The molecule has 1 rings (SSSR count). The van der Waals surface area contributed by atoms with Crippen LogP contribution in [0.5, 0.6) is 0 Å². The van der Waals surface area contributed by atoms with Gasteiger partial charge in [-0.2, -0.15) is 0 Å². The van der Waals surface area contributed by atoms with Crippen molar-refractivity contribution in [2.75, 3.05) is 11.9 Å². The first kappa shape index (κ1) is 14.0. The number of anilines is 1. The highest BCUT2D eigenvalue weighted by atomic mass is 35.5. The van der Waals surface area contributed by atoms with Crippen molar-refractivity contribution < 1.29 is 4.79 Å². The molecule has 0 aromatic heterocycles. The predicted molar refractivity (Wildman–Crippen MR) is 72.3 cm³/mol. The van der Waals surface area contributed by atoms with E-state index in [1.807, 2.05) is 26.0 Å². The summed E-state index contributed by atoms with van der Waals surface area (Å²) in [5.41, 5.74) is 7.31. The van der Waals surface area contributed by atoms with Gasteiger partial charge in [0.2, 0.25) is 5.91 Å². The molecular formula is C13H19ClN2O. The largest absolute Gasteiger partial charge is 0.330 e. The summed E-state index contributed by atoms with van der Waals surface area (Å²) in [7, 11) is 0. The minimum Gasteiger partial charge on any atom is -0.330 e. The zero-order chi connectivity index (χ0) is 12.8. The molecule has 1 atom stereocenters. The highest BCUT2D eigenvalue weighted by molar-refractivity contribution is 6.33. The first-order valence-corrected chi connectivity index (χ1v) is 6.20. The smallest absolute Gasteiger partial charge is 0.224 e. The van der Waals surface area contributed by atoms with Gasteiger partial charge >= 0.3 is 0 Å². The van der Waals surface area contributed by atoms with Crippen molar-refractivity contribution in [2.24, 2.45) is 11.7 Å². The lowest BCUT2D eigenvalue weighted by Crippen LogP contribution is -2.21. The molecule has 0 bridgehead atoms.